The van der Waals surface area contributed by atoms with Gasteiger partial charge in [-0.3, -0.25) is 0 Å². The topological polar surface area (TPSA) is 71.2 Å². The number of hydrogen-bond donors (Lipinski definition) is 1. The molecule has 29 heavy (non-hydrogen) atoms. The van der Waals surface area contributed by atoms with E-state index in [1.165, 1.54) is 0 Å². The van der Waals surface area contributed by atoms with E-state index in [4.69, 9.17) is 9.73 Å². The van der Waals surface area contributed by atoms with E-state index in [1.807, 2.05) is 38.1 Å². The van der Waals surface area contributed by atoms with E-state index in [-0.39, 0.29) is 6.61 Å². The molecule has 1 N–H and O–H groups in total. The van der Waals surface area contributed by atoms with Gasteiger partial charge in [0, 0.05) is 16.7 Å². The Morgan fingerprint density at radius 2 is 1.83 bits per heavy atom. The van der Waals surface area contributed by atoms with E-state index < -0.39 is 5.97 Å². The minimum Gasteiger partial charge on any atom is -0.422 e. The van der Waals surface area contributed by atoms with Gasteiger partial charge in [0.1, 0.15) is 5.75 Å². The van der Waals surface area contributed by atoms with Gasteiger partial charge in [0.05, 0.1) is 23.0 Å². The summed E-state index contributed by atoms with van der Waals surface area (Å²) in [5.74, 6) is -0.123. The number of ether oxygens (including phenoxy) is 1. The molecule has 2 aliphatic rings. The molecule has 5 heteroatoms. The molecular formula is C24H18N2O3. The van der Waals surface area contributed by atoms with Crippen molar-refractivity contribution in [1.29, 1.82) is 0 Å². The molecule has 0 unspecified atom stereocenters. The summed E-state index contributed by atoms with van der Waals surface area (Å²) in [6, 6.07) is 16.9. The summed E-state index contributed by atoms with van der Waals surface area (Å²) in [6.45, 7) is 3.79. The predicted molar refractivity (Wildman–Crippen MR) is 109 cm³/mol. The maximum absolute atomic E-state index is 12.8. The second kappa shape index (κ2) is 6.50. The van der Waals surface area contributed by atoms with Crippen molar-refractivity contribution < 1.29 is 14.6 Å². The highest BCUT2D eigenvalue weighted by Crippen LogP contribution is 2.34. The molecule has 0 radical (unpaired) electrons. The van der Waals surface area contributed by atoms with Crippen molar-refractivity contribution in [3.05, 3.63) is 87.7 Å². The van der Waals surface area contributed by atoms with Crippen LogP contribution in [0.4, 0.5) is 5.69 Å². The second-order valence-electron chi connectivity index (χ2n) is 7.20. The lowest BCUT2D eigenvalue weighted by molar-refractivity contribution is -0.130. The molecule has 142 valence electrons. The average molecular weight is 382 g/mol. The summed E-state index contributed by atoms with van der Waals surface area (Å²) in [4.78, 5) is 22.2. The molecule has 3 aromatic carbocycles. The van der Waals surface area contributed by atoms with Crippen LogP contribution < -0.4 is 15.5 Å². The molecule has 0 aliphatic carbocycles. The summed E-state index contributed by atoms with van der Waals surface area (Å²) in [5, 5.41) is 11.0. The third kappa shape index (κ3) is 2.70. The van der Waals surface area contributed by atoms with Crippen molar-refractivity contribution >= 4 is 17.2 Å². The molecule has 0 fully saturated rings. The van der Waals surface area contributed by atoms with E-state index >= 15 is 0 Å². The van der Waals surface area contributed by atoms with Crippen LogP contribution >= 0.6 is 0 Å². The Labute approximate surface area is 167 Å². The van der Waals surface area contributed by atoms with Crippen LogP contribution in [0.25, 0.3) is 16.7 Å². The zero-order valence-electron chi connectivity index (χ0n) is 16.1. The average Bonchev–Trinajstić information content (AvgIpc) is 3.27. The fraction of sp³-hybridized carbons (Fsp3) is 0.125. The van der Waals surface area contributed by atoms with Crippen molar-refractivity contribution in [1.82, 2.24) is 0 Å². The highest BCUT2D eigenvalue weighted by atomic mass is 16.5. The van der Waals surface area contributed by atoms with Gasteiger partial charge in [0.15, 0.2) is 5.70 Å². The summed E-state index contributed by atoms with van der Waals surface area (Å²) in [6.07, 6.45) is 0. The summed E-state index contributed by atoms with van der Waals surface area (Å²) in [5.41, 5.74) is 6.80. The van der Waals surface area contributed by atoms with E-state index in [1.54, 1.807) is 24.3 Å². The van der Waals surface area contributed by atoms with Crippen LogP contribution in [-0.2, 0) is 11.4 Å². The predicted octanol–water partition coefficient (Wildman–Crippen LogP) is 3.39. The van der Waals surface area contributed by atoms with Crippen LogP contribution in [0.3, 0.4) is 0 Å². The SMILES string of the molecule is CC1=C(C(=O)Oc2cccc(CO)c2)N=c2cc3c(c(C)c21)=Nc1ccccc1-3. The molecule has 5 rings (SSSR count). The highest BCUT2D eigenvalue weighted by molar-refractivity contribution is 6.00. The van der Waals surface area contributed by atoms with Crippen LogP contribution in [-0.4, -0.2) is 11.1 Å². The molecule has 0 bridgehead atoms. The zero-order chi connectivity index (χ0) is 20.1. The Balaban J connectivity index is 1.56. The van der Waals surface area contributed by atoms with Gasteiger partial charge in [-0.15, -0.1) is 0 Å². The van der Waals surface area contributed by atoms with Gasteiger partial charge in [-0.25, -0.2) is 14.8 Å². The molecule has 0 saturated carbocycles. The maximum atomic E-state index is 12.8. The lowest BCUT2D eigenvalue weighted by atomic mass is 9.96. The van der Waals surface area contributed by atoms with Crippen LogP contribution in [0.15, 0.2) is 70.3 Å². The fourth-order valence-electron chi connectivity index (χ4n) is 4.00. The third-order valence-electron chi connectivity index (χ3n) is 5.40. The molecule has 0 aromatic heterocycles. The Kier molecular flexibility index (Phi) is 3.93. The standard InChI is InChI=1S/C24H18N2O3/c1-13-21-14(2)23(24(28)29-16-7-5-6-15(10-16)12-27)26-20(21)11-18-17-8-3-4-9-19(17)25-22(13)18/h3-11,27H,12H2,1-2H3. The number of hydrogen-bond acceptors (Lipinski definition) is 5. The summed E-state index contributed by atoms with van der Waals surface area (Å²) in [7, 11) is 0. The van der Waals surface area contributed by atoms with Gasteiger partial charge in [0.25, 0.3) is 0 Å². The molecule has 0 saturated heterocycles. The van der Waals surface area contributed by atoms with Gasteiger partial charge in [-0.2, -0.15) is 0 Å². The fourth-order valence-corrected chi connectivity index (χ4v) is 4.00. The minimum atomic E-state index is -0.509. The first-order valence-electron chi connectivity index (χ1n) is 9.40. The Morgan fingerprint density at radius 3 is 2.66 bits per heavy atom. The van der Waals surface area contributed by atoms with Crippen LogP contribution in [0, 0.1) is 6.92 Å². The second-order valence-corrected chi connectivity index (χ2v) is 7.20. The molecule has 0 spiro atoms. The van der Waals surface area contributed by atoms with Crippen LogP contribution in [0.5, 0.6) is 5.75 Å². The van der Waals surface area contributed by atoms with E-state index in [0.29, 0.717) is 17.0 Å². The van der Waals surface area contributed by atoms with Gasteiger partial charge in [0.2, 0.25) is 0 Å². The first-order chi connectivity index (χ1) is 14.1. The van der Waals surface area contributed by atoms with Crippen molar-refractivity contribution in [2.75, 3.05) is 0 Å². The van der Waals surface area contributed by atoms with Gasteiger partial charge in [-0.05, 0) is 54.8 Å². The van der Waals surface area contributed by atoms with Crippen molar-refractivity contribution in [2.45, 2.75) is 20.5 Å². The molecule has 0 atom stereocenters. The number of allylic oxidation sites excluding steroid dienone is 1. The number of esters is 1. The first kappa shape index (κ1) is 17.5. The number of aliphatic hydroxyl groups is 1. The monoisotopic (exact) mass is 382 g/mol. The van der Waals surface area contributed by atoms with Crippen LogP contribution in [0.2, 0.25) is 0 Å². The number of benzene rings is 3. The van der Waals surface area contributed by atoms with E-state index in [0.717, 1.165) is 44.2 Å². The molecular weight excluding hydrogens is 364 g/mol. The van der Waals surface area contributed by atoms with E-state index in [9.17, 15) is 9.90 Å². The van der Waals surface area contributed by atoms with E-state index in [2.05, 4.69) is 11.1 Å². The largest absolute Gasteiger partial charge is 0.422 e. The number of carbonyl (C=O) groups excluding carboxylic acids is 1. The molecule has 2 heterocycles. The molecule has 0 amide bonds. The number of fused-ring (bicyclic) bond motifs is 4. The van der Waals surface area contributed by atoms with Crippen molar-refractivity contribution in [2.24, 2.45) is 9.98 Å². The Bertz CT molecular complexity index is 1350. The molecule has 3 aromatic rings. The van der Waals surface area contributed by atoms with Gasteiger partial charge >= 0.3 is 5.97 Å². The number of nitrogens with zero attached hydrogens (tertiary/aromatic N) is 2. The van der Waals surface area contributed by atoms with Crippen molar-refractivity contribution in [3.63, 3.8) is 0 Å². The van der Waals surface area contributed by atoms with Crippen molar-refractivity contribution in [3.8, 4) is 16.9 Å². The number of carbonyl (C=O) groups is 1. The Hall–Kier alpha value is -3.57. The summed E-state index contributed by atoms with van der Waals surface area (Å²) >= 11 is 0. The lowest BCUT2D eigenvalue weighted by Gasteiger charge is -2.07. The number of aliphatic hydroxyl groups excluding tert-OH is 1. The number of rotatable bonds is 3. The van der Waals surface area contributed by atoms with Crippen LogP contribution in [0.1, 0.15) is 23.6 Å². The zero-order valence-corrected chi connectivity index (χ0v) is 16.1. The summed E-state index contributed by atoms with van der Waals surface area (Å²) < 4.78 is 5.51. The van der Waals surface area contributed by atoms with Gasteiger partial charge < -0.3 is 9.84 Å². The first-order valence-corrected chi connectivity index (χ1v) is 9.40. The van der Waals surface area contributed by atoms with Gasteiger partial charge in [-0.1, -0.05) is 30.3 Å². The smallest absolute Gasteiger partial charge is 0.362 e. The highest BCUT2D eigenvalue weighted by Gasteiger charge is 2.26. The Morgan fingerprint density at radius 1 is 1.00 bits per heavy atom. The lowest BCUT2D eigenvalue weighted by Crippen LogP contribution is -2.18. The molecule has 5 nitrogen and oxygen atoms in total. The number of para-hydroxylation sites is 1. The quantitative estimate of drug-likeness (QED) is 0.436. The maximum Gasteiger partial charge on any atom is 0.362 e. The third-order valence-corrected chi connectivity index (χ3v) is 5.40. The minimum absolute atomic E-state index is 0.112. The normalized spacial score (nSPS) is 13.3. The molecule has 2 aliphatic heterocycles.